The van der Waals surface area contributed by atoms with E-state index >= 15 is 0 Å². The van der Waals surface area contributed by atoms with E-state index in [9.17, 15) is 8.78 Å². The van der Waals surface area contributed by atoms with Crippen LogP contribution in [0, 0.1) is 17.0 Å². The number of anilines is 1. The molecule has 0 saturated carbocycles. The van der Waals surface area contributed by atoms with Crippen LogP contribution < -0.4 is 10.6 Å². The van der Waals surface area contributed by atoms with Gasteiger partial charge in [0.2, 0.25) is 0 Å². The van der Waals surface area contributed by atoms with E-state index in [2.05, 4.69) is 20.8 Å². The molecule has 0 heterocycles. The topological polar surface area (TPSA) is 29.3 Å². The zero-order chi connectivity index (χ0) is 16.4. The first-order valence-corrected chi connectivity index (χ1v) is 7.54. The number of nitrogens with two attached hydrogens (primary N) is 1. The molecule has 2 N–H and O–H groups in total. The van der Waals surface area contributed by atoms with Crippen molar-refractivity contribution in [3.05, 3.63) is 29.3 Å². The van der Waals surface area contributed by atoms with Crippen LogP contribution in [0.25, 0.3) is 0 Å². The molecular formula is C17H28F2N2. The Balaban J connectivity index is 3.10. The Bertz CT molecular complexity index is 457. The summed E-state index contributed by atoms with van der Waals surface area (Å²) in [5.41, 5.74) is 6.43. The molecule has 0 aliphatic rings. The molecule has 0 bridgehead atoms. The van der Waals surface area contributed by atoms with Crippen molar-refractivity contribution in [2.45, 2.75) is 59.5 Å². The molecule has 0 radical (unpaired) electrons. The first kappa shape index (κ1) is 17.9. The van der Waals surface area contributed by atoms with Crippen molar-refractivity contribution in [2.24, 2.45) is 11.1 Å². The van der Waals surface area contributed by atoms with E-state index < -0.39 is 11.6 Å². The molecule has 4 heteroatoms. The highest BCUT2D eigenvalue weighted by molar-refractivity contribution is 5.51. The smallest absolute Gasteiger partial charge is 0.149 e. The lowest BCUT2D eigenvalue weighted by Gasteiger charge is -2.37. The monoisotopic (exact) mass is 298 g/mol. The molecule has 0 fully saturated rings. The molecule has 0 spiro atoms. The maximum Gasteiger partial charge on any atom is 0.149 e. The van der Waals surface area contributed by atoms with Gasteiger partial charge in [-0.1, -0.05) is 27.7 Å². The Morgan fingerprint density at radius 1 is 1.19 bits per heavy atom. The van der Waals surface area contributed by atoms with E-state index in [4.69, 9.17) is 5.73 Å². The highest BCUT2D eigenvalue weighted by Crippen LogP contribution is 2.31. The number of hydrogen-bond donors (Lipinski definition) is 1. The van der Waals surface area contributed by atoms with Crippen LogP contribution in [0.3, 0.4) is 0 Å². The van der Waals surface area contributed by atoms with Crippen LogP contribution in [0.5, 0.6) is 0 Å². The highest BCUT2D eigenvalue weighted by atomic mass is 19.1. The van der Waals surface area contributed by atoms with E-state index in [0.717, 1.165) is 6.42 Å². The number of nitrogens with zero attached hydrogens (tertiary/aromatic N) is 1. The fourth-order valence-electron chi connectivity index (χ4n) is 2.29. The second-order valence-electron chi connectivity index (χ2n) is 6.93. The summed E-state index contributed by atoms with van der Waals surface area (Å²) in [4.78, 5) is 1.67. The lowest BCUT2D eigenvalue weighted by molar-refractivity contribution is 0.326. The molecule has 2 atom stereocenters. The Kier molecular flexibility index (Phi) is 5.74. The van der Waals surface area contributed by atoms with E-state index in [0.29, 0.717) is 12.0 Å². The summed E-state index contributed by atoms with van der Waals surface area (Å²) < 4.78 is 28.7. The maximum atomic E-state index is 14.3. The summed E-state index contributed by atoms with van der Waals surface area (Å²) in [6.07, 6.45) is 1.27. The summed E-state index contributed by atoms with van der Waals surface area (Å²) in [6, 6.07) is 2.74. The molecule has 1 aromatic rings. The first-order chi connectivity index (χ1) is 9.57. The van der Waals surface area contributed by atoms with Gasteiger partial charge in [0.25, 0.3) is 0 Å². The SMILES string of the molecule is CCC(N)Cc1cc(F)c(N(C)C(C)C(C)(C)C)c(F)c1. The molecule has 1 aromatic carbocycles. The minimum absolute atomic E-state index is 0.00486. The molecule has 120 valence electrons. The first-order valence-electron chi connectivity index (χ1n) is 7.54. The van der Waals surface area contributed by atoms with Gasteiger partial charge in [-0.15, -0.1) is 0 Å². The van der Waals surface area contributed by atoms with Crippen molar-refractivity contribution >= 4 is 5.69 Å². The van der Waals surface area contributed by atoms with Crippen molar-refractivity contribution in [1.29, 1.82) is 0 Å². The standard InChI is InChI=1S/C17H28F2N2/c1-7-13(20)8-12-9-14(18)16(15(19)10-12)21(6)11(2)17(3,4)5/h9-11,13H,7-8,20H2,1-6H3. The molecular weight excluding hydrogens is 270 g/mol. The fraction of sp³-hybridized carbons (Fsp3) is 0.647. The van der Waals surface area contributed by atoms with Gasteiger partial charge in [-0.2, -0.15) is 0 Å². The van der Waals surface area contributed by atoms with Gasteiger partial charge in [-0.05, 0) is 42.9 Å². The van der Waals surface area contributed by atoms with Gasteiger partial charge in [-0.25, -0.2) is 8.78 Å². The fourth-order valence-corrected chi connectivity index (χ4v) is 2.29. The van der Waals surface area contributed by atoms with Gasteiger partial charge >= 0.3 is 0 Å². The summed E-state index contributed by atoms with van der Waals surface area (Å²) in [7, 11) is 1.73. The Labute approximate surface area is 127 Å². The van der Waals surface area contributed by atoms with Crippen molar-refractivity contribution in [1.82, 2.24) is 0 Å². The van der Waals surface area contributed by atoms with Crippen molar-refractivity contribution < 1.29 is 8.78 Å². The summed E-state index contributed by atoms with van der Waals surface area (Å²) in [5.74, 6) is -1.04. The van der Waals surface area contributed by atoms with Gasteiger partial charge < -0.3 is 10.6 Å². The predicted octanol–water partition coefficient (Wildman–Crippen LogP) is 4.12. The quantitative estimate of drug-likeness (QED) is 0.886. The predicted molar refractivity (Wildman–Crippen MR) is 85.6 cm³/mol. The summed E-state index contributed by atoms with van der Waals surface area (Å²) >= 11 is 0. The maximum absolute atomic E-state index is 14.3. The average molecular weight is 298 g/mol. The summed E-state index contributed by atoms with van der Waals surface area (Å²) in [5, 5.41) is 0. The Morgan fingerprint density at radius 3 is 2.05 bits per heavy atom. The van der Waals surface area contributed by atoms with Crippen molar-refractivity contribution in [3.8, 4) is 0 Å². The lowest BCUT2D eigenvalue weighted by Crippen LogP contribution is -2.40. The van der Waals surface area contributed by atoms with Gasteiger partial charge in [-0.3, -0.25) is 0 Å². The Morgan fingerprint density at radius 2 is 1.67 bits per heavy atom. The van der Waals surface area contributed by atoms with Crippen molar-refractivity contribution in [2.75, 3.05) is 11.9 Å². The number of rotatable bonds is 5. The van der Waals surface area contributed by atoms with Gasteiger partial charge in [0.05, 0.1) is 0 Å². The van der Waals surface area contributed by atoms with E-state index in [-0.39, 0.29) is 23.2 Å². The number of benzene rings is 1. The largest absolute Gasteiger partial charge is 0.367 e. The molecule has 0 aliphatic carbocycles. The van der Waals surface area contributed by atoms with E-state index in [1.165, 1.54) is 12.1 Å². The van der Waals surface area contributed by atoms with Crippen LogP contribution in [0.4, 0.5) is 14.5 Å². The summed E-state index contributed by atoms with van der Waals surface area (Å²) in [6.45, 7) is 10.1. The van der Waals surface area contributed by atoms with E-state index in [1.54, 1.807) is 11.9 Å². The average Bonchev–Trinajstić information content (AvgIpc) is 2.35. The minimum Gasteiger partial charge on any atom is -0.367 e. The molecule has 2 nitrogen and oxygen atoms in total. The normalized spacial score (nSPS) is 14.9. The molecule has 0 saturated heterocycles. The lowest BCUT2D eigenvalue weighted by atomic mass is 9.87. The second-order valence-corrected chi connectivity index (χ2v) is 6.93. The third kappa shape index (κ3) is 4.40. The third-order valence-corrected chi connectivity index (χ3v) is 4.29. The highest BCUT2D eigenvalue weighted by Gasteiger charge is 2.27. The minimum atomic E-state index is -0.521. The van der Waals surface area contributed by atoms with Crippen LogP contribution in [-0.2, 0) is 6.42 Å². The van der Waals surface area contributed by atoms with Crippen LogP contribution in [0.15, 0.2) is 12.1 Å². The van der Waals surface area contributed by atoms with E-state index in [1.807, 2.05) is 13.8 Å². The van der Waals surface area contributed by atoms with Gasteiger partial charge in [0.1, 0.15) is 17.3 Å². The van der Waals surface area contributed by atoms with Gasteiger partial charge in [0, 0.05) is 19.1 Å². The molecule has 0 aromatic heterocycles. The van der Waals surface area contributed by atoms with Crippen LogP contribution in [0.2, 0.25) is 0 Å². The zero-order valence-electron chi connectivity index (χ0n) is 14.0. The third-order valence-electron chi connectivity index (χ3n) is 4.29. The Hall–Kier alpha value is -1.16. The molecule has 2 unspecified atom stereocenters. The molecule has 0 aliphatic heterocycles. The van der Waals surface area contributed by atoms with Crippen LogP contribution in [0.1, 0.15) is 46.6 Å². The molecule has 1 rings (SSSR count). The second kappa shape index (κ2) is 6.73. The zero-order valence-corrected chi connectivity index (χ0v) is 14.0. The van der Waals surface area contributed by atoms with Gasteiger partial charge in [0.15, 0.2) is 0 Å². The number of halogens is 2. The van der Waals surface area contributed by atoms with Crippen LogP contribution in [-0.4, -0.2) is 19.1 Å². The number of hydrogen-bond acceptors (Lipinski definition) is 2. The molecule has 21 heavy (non-hydrogen) atoms. The van der Waals surface area contributed by atoms with Crippen LogP contribution >= 0.6 is 0 Å². The van der Waals surface area contributed by atoms with Crippen molar-refractivity contribution in [3.63, 3.8) is 0 Å². The molecule has 0 amide bonds.